The lowest BCUT2D eigenvalue weighted by Crippen LogP contribution is -2.49. The molecule has 23 heavy (non-hydrogen) atoms. The van der Waals surface area contributed by atoms with Gasteiger partial charge in [0.2, 0.25) is 10.0 Å². The van der Waals surface area contributed by atoms with Gasteiger partial charge in [-0.2, -0.15) is 4.31 Å². The average Bonchev–Trinajstić information content (AvgIpc) is 3.04. The van der Waals surface area contributed by atoms with E-state index in [1.54, 1.807) is 24.5 Å². The van der Waals surface area contributed by atoms with E-state index in [1.807, 2.05) is 7.05 Å². The first-order chi connectivity index (χ1) is 11.0. The third kappa shape index (κ3) is 3.44. The summed E-state index contributed by atoms with van der Waals surface area (Å²) in [6.45, 7) is 1.30. The summed E-state index contributed by atoms with van der Waals surface area (Å²) in [4.78, 5) is 9.32. The number of likely N-dealkylation sites (N-methyl/N-ethyl adjacent to an activating group) is 1. The number of nitrogens with one attached hydrogen (secondary N) is 1. The van der Waals surface area contributed by atoms with Crippen molar-refractivity contribution in [3.8, 4) is 0 Å². The first-order valence-electron chi connectivity index (χ1n) is 7.38. The molecule has 1 aromatic heterocycles. The van der Waals surface area contributed by atoms with Crippen LogP contribution < -0.4 is 0 Å². The largest absolute Gasteiger partial charge is 0.347 e. The number of sulfonamides is 1. The van der Waals surface area contributed by atoms with Crippen LogP contribution in [-0.4, -0.2) is 54.3 Å². The van der Waals surface area contributed by atoms with Crippen LogP contribution in [0.15, 0.2) is 36.7 Å². The SMILES string of the molecule is CN1CCN(S(=O)(=O)Cc2ccccc2F)CC1c1ncc[nH]1. The third-order valence-corrected chi connectivity index (χ3v) is 5.93. The number of hydrogen-bond donors (Lipinski definition) is 1. The van der Waals surface area contributed by atoms with Crippen LogP contribution in [0.5, 0.6) is 0 Å². The van der Waals surface area contributed by atoms with Crippen LogP contribution in [0, 0.1) is 5.82 Å². The van der Waals surface area contributed by atoms with E-state index in [4.69, 9.17) is 0 Å². The molecule has 1 aliphatic rings. The molecule has 124 valence electrons. The number of nitrogens with zero attached hydrogens (tertiary/aromatic N) is 3. The fraction of sp³-hybridized carbons (Fsp3) is 0.400. The number of hydrogen-bond acceptors (Lipinski definition) is 4. The van der Waals surface area contributed by atoms with E-state index in [0.29, 0.717) is 19.6 Å². The Morgan fingerprint density at radius 1 is 1.35 bits per heavy atom. The highest BCUT2D eigenvalue weighted by molar-refractivity contribution is 7.88. The molecule has 0 amide bonds. The van der Waals surface area contributed by atoms with Crippen molar-refractivity contribution in [3.05, 3.63) is 53.9 Å². The number of benzene rings is 1. The monoisotopic (exact) mass is 338 g/mol. The fourth-order valence-corrected chi connectivity index (χ4v) is 4.30. The summed E-state index contributed by atoms with van der Waals surface area (Å²) >= 11 is 0. The average molecular weight is 338 g/mol. The van der Waals surface area contributed by atoms with Crippen molar-refractivity contribution in [1.29, 1.82) is 0 Å². The van der Waals surface area contributed by atoms with Crippen molar-refractivity contribution in [1.82, 2.24) is 19.2 Å². The van der Waals surface area contributed by atoms with Crippen LogP contribution in [-0.2, 0) is 15.8 Å². The maximum absolute atomic E-state index is 13.7. The Labute approximate surface area is 135 Å². The van der Waals surface area contributed by atoms with Crippen molar-refractivity contribution in [2.75, 3.05) is 26.7 Å². The molecule has 0 radical (unpaired) electrons. The zero-order valence-electron chi connectivity index (χ0n) is 12.8. The van der Waals surface area contributed by atoms with Crippen molar-refractivity contribution >= 4 is 10.0 Å². The van der Waals surface area contributed by atoms with Gasteiger partial charge in [-0.25, -0.2) is 17.8 Å². The standard InChI is InChI=1S/C15H19FN4O2S/c1-19-8-9-20(10-14(19)15-17-6-7-18-15)23(21,22)11-12-4-2-3-5-13(12)16/h2-7,14H,8-11H2,1H3,(H,17,18). The van der Waals surface area contributed by atoms with Gasteiger partial charge in [-0.15, -0.1) is 0 Å². The number of aromatic amines is 1. The van der Waals surface area contributed by atoms with Crippen molar-refractivity contribution in [3.63, 3.8) is 0 Å². The Morgan fingerprint density at radius 2 is 2.13 bits per heavy atom. The molecule has 1 saturated heterocycles. The summed E-state index contributed by atoms with van der Waals surface area (Å²) in [6, 6.07) is 5.85. The van der Waals surface area contributed by atoms with Gasteiger partial charge in [0.05, 0.1) is 11.8 Å². The highest BCUT2D eigenvalue weighted by Gasteiger charge is 2.33. The molecule has 0 bridgehead atoms. The number of H-pyrrole nitrogens is 1. The molecular weight excluding hydrogens is 319 g/mol. The van der Waals surface area contributed by atoms with Gasteiger partial charge in [0.15, 0.2) is 0 Å². The molecule has 0 spiro atoms. The van der Waals surface area contributed by atoms with E-state index in [-0.39, 0.29) is 17.4 Å². The minimum atomic E-state index is -3.58. The smallest absolute Gasteiger partial charge is 0.218 e. The van der Waals surface area contributed by atoms with Crippen LogP contribution in [0.3, 0.4) is 0 Å². The minimum absolute atomic E-state index is 0.130. The predicted molar refractivity (Wildman–Crippen MR) is 84.6 cm³/mol. The molecular formula is C15H19FN4O2S. The Morgan fingerprint density at radius 3 is 2.83 bits per heavy atom. The van der Waals surface area contributed by atoms with Crippen LogP contribution in [0.4, 0.5) is 4.39 Å². The summed E-state index contributed by atoms with van der Waals surface area (Å²) in [5.41, 5.74) is 0.195. The van der Waals surface area contributed by atoms with Gasteiger partial charge in [-0.05, 0) is 13.1 Å². The Balaban J connectivity index is 1.79. The molecule has 1 atom stereocenters. The van der Waals surface area contributed by atoms with Crippen LogP contribution >= 0.6 is 0 Å². The summed E-state index contributed by atoms with van der Waals surface area (Å²) < 4.78 is 40.4. The van der Waals surface area contributed by atoms with Crippen LogP contribution in [0.1, 0.15) is 17.4 Å². The molecule has 1 fully saturated rings. The molecule has 0 saturated carbocycles. The second kappa shape index (κ2) is 6.38. The van der Waals surface area contributed by atoms with E-state index < -0.39 is 15.8 Å². The molecule has 2 aromatic rings. The topological polar surface area (TPSA) is 69.3 Å². The summed E-state index contributed by atoms with van der Waals surface area (Å²) in [5.74, 6) is -0.0834. The Kier molecular flexibility index (Phi) is 4.47. The fourth-order valence-electron chi connectivity index (χ4n) is 2.76. The second-order valence-corrected chi connectivity index (χ2v) is 7.65. The molecule has 1 N–H and O–H groups in total. The maximum atomic E-state index is 13.7. The molecule has 1 unspecified atom stereocenters. The molecule has 6 nitrogen and oxygen atoms in total. The van der Waals surface area contributed by atoms with Gasteiger partial charge in [0.1, 0.15) is 11.6 Å². The van der Waals surface area contributed by atoms with Gasteiger partial charge < -0.3 is 4.98 Å². The summed E-state index contributed by atoms with van der Waals surface area (Å²) in [6.07, 6.45) is 3.37. The van der Waals surface area contributed by atoms with Crippen LogP contribution in [0.2, 0.25) is 0 Å². The zero-order chi connectivity index (χ0) is 16.4. The number of imidazole rings is 1. The normalized spacial score (nSPS) is 20.7. The van der Waals surface area contributed by atoms with Gasteiger partial charge in [0.25, 0.3) is 0 Å². The zero-order valence-corrected chi connectivity index (χ0v) is 13.6. The lowest BCUT2D eigenvalue weighted by Gasteiger charge is -2.37. The first-order valence-corrected chi connectivity index (χ1v) is 8.99. The van der Waals surface area contributed by atoms with E-state index in [0.717, 1.165) is 5.82 Å². The number of halogens is 1. The predicted octanol–water partition coefficient (Wildman–Crippen LogP) is 1.37. The highest BCUT2D eigenvalue weighted by Crippen LogP contribution is 2.24. The van der Waals surface area contributed by atoms with Gasteiger partial charge in [-0.3, -0.25) is 4.90 Å². The van der Waals surface area contributed by atoms with Crippen molar-refractivity contribution < 1.29 is 12.8 Å². The van der Waals surface area contributed by atoms with Crippen molar-refractivity contribution in [2.45, 2.75) is 11.8 Å². The number of aromatic nitrogens is 2. The highest BCUT2D eigenvalue weighted by atomic mass is 32.2. The molecule has 3 rings (SSSR count). The number of rotatable bonds is 4. The Bertz CT molecular complexity index is 764. The molecule has 1 aliphatic heterocycles. The molecule has 2 heterocycles. The van der Waals surface area contributed by atoms with Gasteiger partial charge in [-0.1, -0.05) is 18.2 Å². The molecule has 0 aliphatic carbocycles. The van der Waals surface area contributed by atoms with E-state index >= 15 is 0 Å². The van der Waals surface area contributed by atoms with Crippen LogP contribution in [0.25, 0.3) is 0 Å². The second-order valence-electron chi connectivity index (χ2n) is 5.68. The van der Waals surface area contributed by atoms with Gasteiger partial charge >= 0.3 is 0 Å². The van der Waals surface area contributed by atoms with Gasteiger partial charge in [0, 0.05) is 37.6 Å². The molecule has 1 aromatic carbocycles. The first kappa shape index (κ1) is 16.1. The minimum Gasteiger partial charge on any atom is -0.347 e. The van der Waals surface area contributed by atoms with Crippen molar-refractivity contribution in [2.24, 2.45) is 0 Å². The summed E-state index contributed by atoms with van der Waals surface area (Å²) in [7, 11) is -1.64. The quantitative estimate of drug-likeness (QED) is 0.914. The lowest BCUT2D eigenvalue weighted by atomic mass is 10.2. The molecule has 8 heteroatoms. The maximum Gasteiger partial charge on any atom is 0.218 e. The Hall–Kier alpha value is -1.77. The third-order valence-electron chi connectivity index (χ3n) is 4.13. The van der Waals surface area contributed by atoms with E-state index in [9.17, 15) is 12.8 Å². The van der Waals surface area contributed by atoms with E-state index in [2.05, 4.69) is 14.9 Å². The lowest BCUT2D eigenvalue weighted by molar-refractivity contribution is 0.142. The summed E-state index contributed by atoms with van der Waals surface area (Å²) in [5, 5.41) is 0. The van der Waals surface area contributed by atoms with E-state index in [1.165, 1.54) is 16.4 Å². The number of piperazine rings is 1.